The Morgan fingerprint density at radius 2 is 2.04 bits per heavy atom. The third kappa shape index (κ3) is 5.95. The van der Waals surface area contributed by atoms with E-state index in [1.165, 1.54) is 47.0 Å². The molecule has 1 amide bonds. The molecular weight excluding hydrogens is 417 g/mol. The fourth-order valence-electron chi connectivity index (χ4n) is 2.13. The van der Waals surface area contributed by atoms with Crippen LogP contribution in [0.15, 0.2) is 57.8 Å². The Morgan fingerprint density at radius 1 is 1.18 bits per heavy atom. The molecule has 0 radical (unpaired) electrons. The van der Waals surface area contributed by atoms with Gasteiger partial charge in [0.1, 0.15) is 5.82 Å². The van der Waals surface area contributed by atoms with Crippen molar-refractivity contribution in [3.8, 4) is 6.07 Å². The molecule has 0 bridgehead atoms. The third-order valence-corrected chi connectivity index (χ3v) is 6.17. The molecule has 10 heteroatoms. The molecule has 0 unspecified atom stereocenters. The predicted molar refractivity (Wildman–Crippen MR) is 112 cm³/mol. The maximum Gasteiger partial charge on any atom is 0.234 e. The third-order valence-electron chi connectivity index (χ3n) is 3.26. The van der Waals surface area contributed by atoms with Crippen LogP contribution in [0, 0.1) is 17.1 Å². The van der Waals surface area contributed by atoms with Gasteiger partial charge in [0.2, 0.25) is 11.0 Å². The summed E-state index contributed by atoms with van der Waals surface area (Å²) in [6.07, 6.45) is 0. The van der Waals surface area contributed by atoms with Gasteiger partial charge in [0.25, 0.3) is 0 Å². The lowest BCUT2D eigenvalue weighted by molar-refractivity contribution is -0.113. The van der Waals surface area contributed by atoms with Gasteiger partial charge in [-0.15, -0.1) is 22.0 Å². The molecule has 1 heterocycles. The molecule has 0 aliphatic heterocycles. The number of carbonyl (C=O) groups is 1. The highest BCUT2D eigenvalue weighted by Crippen LogP contribution is 2.29. The first-order valence-electron chi connectivity index (χ1n) is 8.01. The van der Waals surface area contributed by atoms with Crippen LogP contribution in [0.25, 0.3) is 0 Å². The SMILES string of the molecule is N#CCSc1ccccc1NC(=O)CSc1nnc(Nc2cccc(F)c2)s1. The van der Waals surface area contributed by atoms with E-state index in [2.05, 4.69) is 26.9 Å². The number of rotatable bonds is 8. The summed E-state index contributed by atoms with van der Waals surface area (Å²) >= 11 is 3.92. The van der Waals surface area contributed by atoms with Crippen LogP contribution in [0.4, 0.5) is 20.9 Å². The van der Waals surface area contributed by atoms with Crippen molar-refractivity contribution in [1.29, 1.82) is 5.26 Å². The van der Waals surface area contributed by atoms with Crippen molar-refractivity contribution >= 4 is 57.3 Å². The predicted octanol–water partition coefficient (Wildman–Crippen LogP) is 4.77. The molecule has 3 rings (SSSR count). The molecular formula is C18H14FN5OS3. The largest absolute Gasteiger partial charge is 0.330 e. The minimum Gasteiger partial charge on any atom is -0.330 e. The number of benzene rings is 2. The van der Waals surface area contributed by atoms with Gasteiger partial charge in [-0.2, -0.15) is 5.26 Å². The van der Waals surface area contributed by atoms with Crippen molar-refractivity contribution < 1.29 is 9.18 Å². The van der Waals surface area contributed by atoms with Crippen molar-refractivity contribution in [2.75, 3.05) is 22.1 Å². The normalized spacial score (nSPS) is 10.3. The summed E-state index contributed by atoms with van der Waals surface area (Å²) < 4.78 is 13.8. The number of thioether (sulfide) groups is 2. The molecule has 0 aliphatic carbocycles. The molecule has 0 saturated heterocycles. The minimum absolute atomic E-state index is 0.172. The lowest BCUT2D eigenvalue weighted by Crippen LogP contribution is -2.14. The molecule has 0 atom stereocenters. The Labute approximate surface area is 173 Å². The number of nitrogens with one attached hydrogen (secondary N) is 2. The molecule has 2 N–H and O–H groups in total. The van der Waals surface area contributed by atoms with E-state index in [1.807, 2.05) is 18.2 Å². The molecule has 142 valence electrons. The van der Waals surface area contributed by atoms with Gasteiger partial charge in [-0.1, -0.05) is 41.3 Å². The summed E-state index contributed by atoms with van der Waals surface area (Å²) in [5, 5.41) is 23.1. The Hall–Kier alpha value is -2.61. The van der Waals surface area contributed by atoms with Gasteiger partial charge in [-0.25, -0.2) is 4.39 Å². The highest BCUT2D eigenvalue weighted by Gasteiger charge is 2.11. The Kier molecular flexibility index (Phi) is 7.25. The number of nitrogens with zero attached hydrogens (tertiary/aromatic N) is 3. The number of anilines is 3. The monoisotopic (exact) mass is 431 g/mol. The topological polar surface area (TPSA) is 90.7 Å². The van der Waals surface area contributed by atoms with Crippen LogP contribution >= 0.6 is 34.9 Å². The van der Waals surface area contributed by atoms with E-state index in [-0.39, 0.29) is 17.5 Å². The van der Waals surface area contributed by atoms with Crippen LogP contribution in [-0.4, -0.2) is 27.6 Å². The molecule has 2 aromatic carbocycles. The van der Waals surface area contributed by atoms with Crippen LogP contribution in [0.5, 0.6) is 0 Å². The number of hydrogen-bond donors (Lipinski definition) is 2. The van der Waals surface area contributed by atoms with E-state index in [9.17, 15) is 9.18 Å². The van der Waals surface area contributed by atoms with Crippen molar-refractivity contribution in [3.63, 3.8) is 0 Å². The van der Waals surface area contributed by atoms with Crippen LogP contribution in [0.2, 0.25) is 0 Å². The van der Waals surface area contributed by atoms with Gasteiger partial charge >= 0.3 is 0 Å². The summed E-state index contributed by atoms with van der Waals surface area (Å²) in [4.78, 5) is 13.1. The van der Waals surface area contributed by atoms with Crippen LogP contribution in [0.1, 0.15) is 0 Å². The summed E-state index contributed by atoms with van der Waals surface area (Å²) in [6, 6.07) is 15.5. The zero-order valence-electron chi connectivity index (χ0n) is 14.4. The zero-order chi connectivity index (χ0) is 19.8. The van der Waals surface area contributed by atoms with Crippen molar-refractivity contribution in [1.82, 2.24) is 10.2 Å². The number of halogens is 1. The van der Waals surface area contributed by atoms with E-state index >= 15 is 0 Å². The smallest absolute Gasteiger partial charge is 0.234 e. The summed E-state index contributed by atoms with van der Waals surface area (Å²) in [6.45, 7) is 0. The number of para-hydroxylation sites is 1. The first-order chi connectivity index (χ1) is 13.6. The maximum absolute atomic E-state index is 13.2. The van der Waals surface area contributed by atoms with Gasteiger partial charge in [0.15, 0.2) is 4.34 Å². The number of carbonyl (C=O) groups excluding carboxylic acids is 1. The van der Waals surface area contributed by atoms with Gasteiger partial charge in [0.05, 0.1) is 23.3 Å². The summed E-state index contributed by atoms with van der Waals surface area (Å²) in [5.74, 6) is -0.0295. The van der Waals surface area contributed by atoms with E-state index in [0.717, 1.165) is 4.90 Å². The fraction of sp³-hybridized carbons (Fsp3) is 0.111. The van der Waals surface area contributed by atoms with Crippen LogP contribution in [-0.2, 0) is 4.79 Å². The standard InChI is InChI=1S/C18H14FN5OS3/c19-12-4-3-5-13(10-12)21-17-23-24-18(28-17)27-11-16(25)22-14-6-1-2-7-15(14)26-9-8-20/h1-7,10H,9,11H2,(H,21,23)(H,22,25). The van der Waals surface area contributed by atoms with Crippen molar-refractivity contribution in [2.24, 2.45) is 0 Å². The maximum atomic E-state index is 13.2. The summed E-state index contributed by atoms with van der Waals surface area (Å²) in [7, 11) is 0. The quantitative estimate of drug-likeness (QED) is 0.497. The van der Waals surface area contributed by atoms with E-state index in [0.29, 0.717) is 26.6 Å². The second-order valence-corrected chi connectivity index (χ2v) is 8.51. The molecule has 28 heavy (non-hydrogen) atoms. The second-order valence-electron chi connectivity index (χ2n) is 5.29. The molecule has 0 aliphatic rings. The van der Waals surface area contributed by atoms with Gasteiger partial charge in [-0.3, -0.25) is 4.79 Å². The first kappa shape index (κ1) is 20.1. The van der Waals surface area contributed by atoms with Gasteiger partial charge < -0.3 is 10.6 Å². The number of hydrogen-bond acceptors (Lipinski definition) is 8. The highest BCUT2D eigenvalue weighted by molar-refractivity contribution is 8.01. The number of nitriles is 1. The van der Waals surface area contributed by atoms with E-state index in [4.69, 9.17) is 5.26 Å². The number of aromatic nitrogens is 2. The average molecular weight is 432 g/mol. The molecule has 6 nitrogen and oxygen atoms in total. The fourth-order valence-corrected chi connectivity index (χ4v) is 4.37. The molecule has 0 fully saturated rings. The van der Waals surface area contributed by atoms with E-state index < -0.39 is 0 Å². The Morgan fingerprint density at radius 3 is 2.86 bits per heavy atom. The van der Waals surface area contributed by atoms with Crippen molar-refractivity contribution in [2.45, 2.75) is 9.24 Å². The van der Waals surface area contributed by atoms with Crippen molar-refractivity contribution in [3.05, 3.63) is 54.3 Å². The average Bonchev–Trinajstić information content (AvgIpc) is 3.13. The summed E-state index contributed by atoms with van der Waals surface area (Å²) in [5.41, 5.74) is 1.26. The lowest BCUT2D eigenvalue weighted by Gasteiger charge is -2.08. The Balaban J connectivity index is 1.53. The second kappa shape index (κ2) is 10.1. The zero-order valence-corrected chi connectivity index (χ0v) is 16.8. The van der Waals surface area contributed by atoms with E-state index in [1.54, 1.807) is 18.2 Å². The van der Waals surface area contributed by atoms with Crippen LogP contribution < -0.4 is 10.6 Å². The Bertz CT molecular complexity index is 1000. The van der Waals surface area contributed by atoms with Gasteiger partial charge in [0, 0.05) is 10.6 Å². The molecule has 0 spiro atoms. The van der Waals surface area contributed by atoms with Crippen LogP contribution in [0.3, 0.4) is 0 Å². The minimum atomic E-state index is -0.339. The highest BCUT2D eigenvalue weighted by atomic mass is 32.2. The number of amides is 1. The first-order valence-corrected chi connectivity index (χ1v) is 10.8. The molecule has 1 aromatic heterocycles. The lowest BCUT2D eigenvalue weighted by atomic mass is 10.3. The van der Waals surface area contributed by atoms with Gasteiger partial charge in [-0.05, 0) is 30.3 Å². The molecule has 0 saturated carbocycles. The molecule has 3 aromatic rings.